The first kappa shape index (κ1) is 15.8. The highest BCUT2D eigenvalue weighted by Gasteiger charge is 2.31. The molecule has 0 spiro atoms. The molecule has 1 aromatic carbocycles. The molecule has 1 aliphatic heterocycles. The number of nitrogens with one attached hydrogen (secondary N) is 1. The van der Waals surface area contributed by atoms with Crippen molar-refractivity contribution in [1.29, 1.82) is 0 Å². The Labute approximate surface area is 128 Å². The lowest BCUT2D eigenvalue weighted by Gasteiger charge is -2.16. The number of methoxy groups -OCH3 is 1. The van der Waals surface area contributed by atoms with Gasteiger partial charge in [0.05, 0.1) is 7.11 Å². The van der Waals surface area contributed by atoms with Crippen LogP contribution in [0, 0.1) is 0 Å². The zero-order valence-corrected chi connectivity index (χ0v) is 12.4. The number of amides is 2. The van der Waals surface area contributed by atoms with Gasteiger partial charge in [0.1, 0.15) is 6.54 Å². The molecule has 0 radical (unpaired) electrons. The van der Waals surface area contributed by atoms with Gasteiger partial charge in [0.15, 0.2) is 0 Å². The molecular weight excluding hydrogens is 284 g/mol. The highest BCUT2D eigenvalue weighted by atomic mass is 16.5. The van der Waals surface area contributed by atoms with E-state index in [1.54, 1.807) is 12.1 Å². The molecule has 2 amide bonds. The maximum Gasteiger partial charge on any atom is 0.305 e. The van der Waals surface area contributed by atoms with Gasteiger partial charge in [-0.3, -0.25) is 19.3 Å². The molecule has 0 atom stereocenters. The lowest BCUT2D eigenvalue weighted by Crippen LogP contribution is -2.37. The van der Waals surface area contributed by atoms with Crippen LogP contribution in [0.15, 0.2) is 30.8 Å². The highest BCUT2D eigenvalue weighted by molar-refractivity contribution is 6.10. The topological polar surface area (TPSA) is 75.7 Å². The molecule has 1 aliphatic rings. The Morgan fingerprint density at radius 1 is 1.27 bits per heavy atom. The molecule has 22 heavy (non-hydrogen) atoms. The minimum absolute atomic E-state index is 0.0788. The Bertz CT molecular complexity index is 589. The Hall–Kier alpha value is -2.63. The summed E-state index contributed by atoms with van der Waals surface area (Å²) >= 11 is 0. The zero-order valence-electron chi connectivity index (χ0n) is 12.4. The average Bonchev–Trinajstić information content (AvgIpc) is 2.77. The average molecular weight is 302 g/mol. The van der Waals surface area contributed by atoms with Crippen LogP contribution < -0.4 is 5.32 Å². The fraction of sp³-hybridized carbons (Fsp3) is 0.312. The van der Waals surface area contributed by atoms with Crippen molar-refractivity contribution in [3.05, 3.63) is 42.0 Å². The van der Waals surface area contributed by atoms with Gasteiger partial charge >= 0.3 is 5.97 Å². The number of hydrogen-bond donors (Lipinski definition) is 1. The highest BCUT2D eigenvalue weighted by Crippen LogP contribution is 2.30. The molecule has 0 aliphatic carbocycles. The van der Waals surface area contributed by atoms with E-state index in [1.807, 2.05) is 12.1 Å². The van der Waals surface area contributed by atoms with Crippen LogP contribution >= 0.6 is 0 Å². The van der Waals surface area contributed by atoms with Gasteiger partial charge in [-0.15, -0.1) is 0 Å². The molecule has 2 rings (SSSR count). The molecule has 0 unspecified atom stereocenters. The van der Waals surface area contributed by atoms with E-state index >= 15 is 0 Å². The van der Waals surface area contributed by atoms with Crippen molar-refractivity contribution >= 4 is 23.5 Å². The maximum absolute atomic E-state index is 12.2. The van der Waals surface area contributed by atoms with Crippen LogP contribution in [0.2, 0.25) is 0 Å². The Morgan fingerprint density at radius 3 is 2.59 bits per heavy atom. The summed E-state index contributed by atoms with van der Waals surface area (Å²) in [5.74, 6) is -0.815. The van der Waals surface area contributed by atoms with E-state index in [4.69, 9.17) is 0 Å². The van der Waals surface area contributed by atoms with E-state index in [1.165, 1.54) is 12.0 Å². The summed E-state index contributed by atoms with van der Waals surface area (Å²) in [5.41, 5.74) is 1.85. The summed E-state index contributed by atoms with van der Waals surface area (Å²) in [5, 5.41) is 2.68. The Balaban J connectivity index is 1.85. The number of ether oxygens (including phenoxy) is 1. The molecule has 0 aromatic heterocycles. The lowest BCUT2D eigenvalue weighted by atomic mass is 10.1. The summed E-state index contributed by atoms with van der Waals surface area (Å²) < 4.78 is 4.51. The maximum atomic E-state index is 12.2. The van der Waals surface area contributed by atoms with Crippen molar-refractivity contribution in [2.75, 3.05) is 20.2 Å². The zero-order chi connectivity index (χ0) is 16.1. The van der Waals surface area contributed by atoms with E-state index in [0.717, 1.165) is 5.56 Å². The summed E-state index contributed by atoms with van der Waals surface area (Å²) in [6.45, 7) is 4.15. The monoisotopic (exact) mass is 302 g/mol. The van der Waals surface area contributed by atoms with Crippen LogP contribution in [0.1, 0.15) is 28.8 Å². The van der Waals surface area contributed by atoms with E-state index < -0.39 is 0 Å². The number of rotatable bonds is 6. The van der Waals surface area contributed by atoms with Crippen molar-refractivity contribution in [2.45, 2.75) is 12.8 Å². The van der Waals surface area contributed by atoms with E-state index in [0.29, 0.717) is 24.2 Å². The van der Waals surface area contributed by atoms with Gasteiger partial charge in [0.25, 0.3) is 5.91 Å². The smallest absolute Gasteiger partial charge is 0.305 e. The summed E-state index contributed by atoms with van der Waals surface area (Å²) in [7, 11) is 1.32. The second kappa shape index (κ2) is 6.89. The molecule has 0 bridgehead atoms. The third-order valence-corrected chi connectivity index (χ3v) is 3.45. The Morgan fingerprint density at radius 2 is 1.95 bits per heavy atom. The first-order valence-electron chi connectivity index (χ1n) is 6.98. The van der Waals surface area contributed by atoms with Crippen LogP contribution in [0.4, 0.5) is 0 Å². The number of fused-ring (bicyclic) bond motifs is 1. The predicted octanol–water partition coefficient (Wildman–Crippen LogP) is 1.18. The molecule has 6 heteroatoms. The molecule has 6 nitrogen and oxygen atoms in total. The molecule has 1 N–H and O–H groups in total. The number of benzene rings is 1. The summed E-state index contributed by atoms with van der Waals surface area (Å²) in [6.07, 6.45) is 0.741. The lowest BCUT2D eigenvalue weighted by molar-refractivity contribution is -0.140. The van der Waals surface area contributed by atoms with Crippen LogP contribution in [-0.4, -0.2) is 42.9 Å². The Kier molecular flexibility index (Phi) is 4.93. The second-order valence-electron chi connectivity index (χ2n) is 4.91. The first-order chi connectivity index (χ1) is 10.5. The van der Waals surface area contributed by atoms with Gasteiger partial charge in [0, 0.05) is 29.8 Å². The van der Waals surface area contributed by atoms with Crippen LogP contribution in [0.3, 0.4) is 0 Å². The van der Waals surface area contributed by atoms with E-state index in [2.05, 4.69) is 16.6 Å². The van der Waals surface area contributed by atoms with Crippen LogP contribution in [-0.2, 0) is 14.3 Å². The molecule has 0 fully saturated rings. The third-order valence-electron chi connectivity index (χ3n) is 3.45. The van der Waals surface area contributed by atoms with Crippen molar-refractivity contribution in [2.24, 2.45) is 0 Å². The minimum Gasteiger partial charge on any atom is -0.469 e. The quantitative estimate of drug-likeness (QED) is 0.632. The van der Waals surface area contributed by atoms with Crippen LogP contribution in [0.5, 0.6) is 0 Å². The van der Waals surface area contributed by atoms with Crippen molar-refractivity contribution in [1.82, 2.24) is 10.2 Å². The van der Waals surface area contributed by atoms with Crippen molar-refractivity contribution in [3.8, 4) is 0 Å². The van der Waals surface area contributed by atoms with Gasteiger partial charge in [-0.05, 0) is 12.5 Å². The summed E-state index contributed by atoms with van der Waals surface area (Å²) in [4.78, 5) is 36.4. The molecule has 116 valence electrons. The van der Waals surface area contributed by atoms with Crippen molar-refractivity contribution in [3.63, 3.8) is 0 Å². The fourth-order valence-corrected chi connectivity index (χ4v) is 2.26. The van der Waals surface area contributed by atoms with Gasteiger partial charge in [-0.2, -0.15) is 0 Å². The molecule has 0 saturated heterocycles. The standard InChI is InChI=1S/C16H18N2O4/c1-11-12-6-3-4-7-13(12)16(21)18(11)10-14(19)17-9-5-8-15(20)22-2/h3-4,6-7H,1,5,8-10H2,2H3,(H,17,19). The fourth-order valence-electron chi connectivity index (χ4n) is 2.26. The number of carbonyl (C=O) groups is 3. The number of carbonyl (C=O) groups excluding carboxylic acids is 3. The third kappa shape index (κ3) is 3.33. The second-order valence-corrected chi connectivity index (χ2v) is 4.91. The van der Waals surface area contributed by atoms with Gasteiger partial charge < -0.3 is 10.1 Å². The van der Waals surface area contributed by atoms with E-state index in [-0.39, 0.29) is 30.7 Å². The van der Waals surface area contributed by atoms with Gasteiger partial charge in [-0.25, -0.2) is 0 Å². The molecule has 1 aromatic rings. The molecular formula is C16H18N2O4. The SMILES string of the molecule is C=C1c2ccccc2C(=O)N1CC(=O)NCCCC(=O)OC. The number of hydrogen-bond acceptors (Lipinski definition) is 4. The number of nitrogens with zero attached hydrogens (tertiary/aromatic N) is 1. The van der Waals surface area contributed by atoms with E-state index in [9.17, 15) is 14.4 Å². The summed E-state index contributed by atoms with van der Waals surface area (Å²) in [6, 6.07) is 7.13. The van der Waals surface area contributed by atoms with Gasteiger partial charge in [-0.1, -0.05) is 24.8 Å². The minimum atomic E-state index is -0.312. The largest absolute Gasteiger partial charge is 0.469 e. The first-order valence-corrected chi connectivity index (χ1v) is 6.98. The van der Waals surface area contributed by atoms with Crippen molar-refractivity contribution < 1.29 is 19.1 Å². The molecule has 0 saturated carbocycles. The normalized spacial score (nSPS) is 13.0. The number of esters is 1. The molecule has 1 heterocycles. The van der Waals surface area contributed by atoms with Gasteiger partial charge in [0.2, 0.25) is 5.91 Å². The predicted molar refractivity (Wildman–Crippen MR) is 80.8 cm³/mol. The van der Waals surface area contributed by atoms with Crippen LogP contribution in [0.25, 0.3) is 5.70 Å².